The van der Waals surface area contributed by atoms with Gasteiger partial charge in [0, 0.05) is 0 Å². The molecule has 122 valence electrons. The molecule has 0 amide bonds. The predicted octanol–water partition coefficient (Wildman–Crippen LogP) is 2.96. The Morgan fingerprint density at radius 1 is 1.00 bits per heavy atom. The van der Waals surface area contributed by atoms with Crippen molar-refractivity contribution >= 4 is 50.9 Å². The number of aromatic carboxylic acids is 1. The summed E-state index contributed by atoms with van der Waals surface area (Å²) in [7, 11) is -2.51. The molecule has 1 aromatic rings. The fourth-order valence-electron chi connectivity index (χ4n) is 2.67. The number of thiol groups is 1. The van der Waals surface area contributed by atoms with Crippen molar-refractivity contribution < 1.29 is 18.9 Å². The van der Waals surface area contributed by atoms with E-state index in [1.54, 1.807) is 12.1 Å². The molecule has 0 aliphatic heterocycles. The Bertz CT molecular complexity index is 517. The first-order valence-electron chi connectivity index (χ1n) is 7.43. The normalized spacial score (nSPS) is 12.6. The van der Waals surface area contributed by atoms with Crippen LogP contribution in [0, 0.1) is 0 Å². The van der Waals surface area contributed by atoms with E-state index < -0.39 is 21.4 Å². The zero-order chi connectivity index (χ0) is 16.1. The van der Waals surface area contributed by atoms with Crippen LogP contribution in [0.5, 0.6) is 0 Å². The van der Waals surface area contributed by atoms with Crippen molar-refractivity contribution in [1.82, 2.24) is 0 Å². The van der Waals surface area contributed by atoms with E-state index in [4.69, 9.17) is 9.29 Å². The third kappa shape index (κ3) is 4.28. The molecule has 0 bridgehead atoms. The quantitative estimate of drug-likeness (QED) is 0.593. The van der Waals surface area contributed by atoms with Crippen molar-refractivity contribution in [2.75, 3.05) is 23.0 Å². The van der Waals surface area contributed by atoms with Crippen molar-refractivity contribution in [3.8, 4) is 0 Å². The van der Waals surface area contributed by atoms with Gasteiger partial charge in [-0.3, -0.25) is 0 Å². The van der Waals surface area contributed by atoms with Crippen LogP contribution in [0.25, 0.3) is 0 Å². The van der Waals surface area contributed by atoms with E-state index in [-0.39, 0.29) is 35.1 Å². The Balaban J connectivity index is 0.00000441. The summed E-state index contributed by atoms with van der Waals surface area (Å²) in [6.45, 7) is 8.31. The van der Waals surface area contributed by atoms with E-state index >= 15 is 0 Å². The number of hydrogen-bond acceptors (Lipinski definition) is 3. The van der Waals surface area contributed by atoms with E-state index in [0.717, 1.165) is 23.0 Å². The summed E-state index contributed by atoms with van der Waals surface area (Å²) in [6, 6.07) is 6.03. The molecular weight excluding hydrogens is 311 g/mol. The van der Waals surface area contributed by atoms with Gasteiger partial charge in [-0.05, 0) is 41.2 Å². The van der Waals surface area contributed by atoms with Crippen molar-refractivity contribution in [3.63, 3.8) is 0 Å². The molecule has 0 unspecified atom stereocenters. The van der Waals surface area contributed by atoms with Gasteiger partial charge in [0.15, 0.2) is 0 Å². The fourth-order valence-corrected chi connectivity index (χ4v) is 6.44. The second kappa shape index (κ2) is 8.39. The molecule has 1 N–H and O–H groups in total. The van der Waals surface area contributed by atoms with Crippen LogP contribution >= 0.6 is 9.44 Å². The van der Waals surface area contributed by atoms with E-state index in [1.807, 2.05) is 0 Å². The first-order valence-corrected chi connectivity index (χ1v) is 10.3. The van der Waals surface area contributed by atoms with Gasteiger partial charge in [0.05, 0.1) is 11.1 Å². The van der Waals surface area contributed by atoms with Gasteiger partial charge in [0.2, 0.25) is 0 Å². The van der Waals surface area contributed by atoms with Crippen molar-refractivity contribution in [2.24, 2.45) is 0 Å². The number of carboxylic acid groups (broad SMARTS) is 1. The molecule has 4 nitrogen and oxygen atoms in total. The Kier molecular flexibility index (Phi) is 8.20. The third-order valence-electron chi connectivity index (χ3n) is 4.89. The third-order valence-corrected chi connectivity index (χ3v) is 12.0. The van der Waals surface area contributed by atoms with Gasteiger partial charge >= 0.3 is 41.5 Å². The van der Waals surface area contributed by atoms with Crippen LogP contribution in [0.1, 0.15) is 48.4 Å². The summed E-state index contributed by atoms with van der Waals surface area (Å²) >= 11 is 0. The topological polar surface area (TPSA) is 63.6 Å². The summed E-state index contributed by atoms with van der Waals surface area (Å²) in [5.41, 5.74) is 0.415. The van der Waals surface area contributed by atoms with Crippen LogP contribution in [0.3, 0.4) is 0 Å². The first-order chi connectivity index (χ1) is 9.85. The molecule has 0 saturated carbocycles. The number of carbonyl (C=O) groups is 2. The van der Waals surface area contributed by atoms with Crippen LogP contribution in [0.15, 0.2) is 24.3 Å². The van der Waals surface area contributed by atoms with Gasteiger partial charge in [-0.2, -0.15) is 9.44 Å². The van der Waals surface area contributed by atoms with Crippen molar-refractivity contribution in [3.05, 3.63) is 35.4 Å². The second-order valence-electron chi connectivity index (χ2n) is 5.39. The molecule has 1 rings (SSSR count). The number of hydrogen-bond donors (Lipinski definition) is 2. The van der Waals surface area contributed by atoms with Crippen LogP contribution < -0.4 is 0 Å². The fraction of sp³-hybridized carbons (Fsp3) is 0.500. The molecule has 0 aliphatic rings. The minimum atomic E-state index is -2.51. The molecule has 0 aromatic heterocycles. The van der Waals surface area contributed by atoms with Gasteiger partial charge < -0.3 is 9.29 Å². The minimum absolute atomic E-state index is 0. The average Bonchev–Trinajstić information content (AvgIpc) is 2.53. The van der Waals surface area contributed by atoms with Crippen LogP contribution in [-0.2, 0) is 4.18 Å². The molecule has 0 atom stereocenters. The zero-order valence-electron chi connectivity index (χ0n) is 13.3. The second-order valence-corrected chi connectivity index (χ2v) is 11.8. The standard InChI is InChI=1S/C16H26O4S.Na.H/c1-5-21(6-2,7-3,8-4)20-16(19)14-11-9-10-13(12-14)15(17)18;;/h9-12,21H,5-8H2,1-4H3,(H,17,18);;. The number of carboxylic acids is 1. The predicted molar refractivity (Wildman–Crippen MR) is 97.1 cm³/mol. The number of carbonyl (C=O) groups excluding carboxylic acids is 1. The molecule has 0 heterocycles. The maximum absolute atomic E-state index is 12.5. The molecule has 22 heavy (non-hydrogen) atoms. The molecule has 0 aliphatic carbocycles. The maximum atomic E-state index is 12.5. The molecule has 0 radical (unpaired) electrons. The monoisotopic (exact) mass is 338 g/mol. The van der Waals surface area contributed by atoms with Gasteiger partial charge in [-0.25, -0.2) is 9.59 Å². The van der Waals surface area contributed by atoms with Gasteiger partial charge in [-0.1, -0.05) is 33.8 Å². The van der Waals surface area contributed by atoms with Crippen LogP contribution in [0.4, 0.5) is 0 Å². The average molecular weight is 338 g/mol. The Morgan fingerprint density at radius 2 is 1.45 bits per heavy atom. The van der Waals surface area contributed by atoms with Crippen LogP contribution in [-0.4, -0.2) is 69.6 Å². The zero-order valence-corrected chi connectivity index (χ0v) is 14.2. The Morgan fingerprint density at radius 3 is 1.86 bits per heavy atom. The molecule has 1 aromatic carbocycles. The summed E-state index contributed by atoms with van der Waals surface area (Å²) in [5.74, 6) is 2.00. The van der Waals surface area contributed by atoms with E-state index in [1.165, 1.54) is 12.1 Å². The van der Waals surface area contributed by atoms with Crippen molar-refractivity contribution in [1.29, 1.82) is 0 Å². The molecule has 0 saturated heterocycles. The summed E-state index contributed by atoms with van der Waals surface area (Å²) in [4.78, 5) is 23.5. The molecule has 0 fully saturated rings. The SMILES string of the molecule is CC[SH](CC)(CC)(CC)OC(=O)c1cccc(C(=O)O)c1.[NaH]. The molecule has 6 heteroatoms. The van der Waals surface area contributed by atoms with E-state index in [9.17, 15) is 9.59 Å². The Hall–Kier alpha value is -0.490. The number of rotatable bonds is 7. The summed E-state index contributed by atoms with van der Waals surface area (Å²) in [6.07, 6.45) is 0. The van der Waals surface area contributed by atoms with Gasteiger partial charge in [0.25, 0.3) is 0 Å². The van der Waals surface area contributed by atoms with Gasteiger partial charge in [-0.15, -0.1) is 0 Å². The summed E-state index contributed by atoms with van der Waals surface area (Å²) in [5, 5.41) is 9.02. The van der Waals surface area contributed by atoms with Crippen molar-refractivity contribution in [2.45, 2.75) is 27.7 Å². The molecular formula is C16H27NaO4S. The Labute approximate surface area is 155 Å². The van der Waals surface area contributed by atoms with Crippen LogP contribution in [0.2, 0.25) is 0 Å². The number of benzene rings is 1. The summed E-state index contributed by atoms with van der Waals surface area (Å²) < 4.78 is 6.04. The van der Waals surface area contributed by atoms with E-state index in [0.29, 0.717) is 5.56 Å². The first kappa shape index (κ1) is 21.5. The van der Waals surface area contributed by atoms with Gasteiger partial charge in [0.1, 0.15) is 0 Å². The molecule has 0 spiro atoms. The van der Waals surface area contributed by atoms with E-state index in [2.05, 4.69) is 27.7 Å².